The summed E-state index contributed by atoms with van der Waals surface area (Å²) in [6.45, 7) is 28.2. The Hall–Kier alpha value is -1.56. The van der Waals surface area contributed by atoms with Crippen LogP contribution < -0.4 is 0 Å². The predicted octanol–water partition coefficient (Wildman–Crippen LogP) is 10.6. The van der Waals surface area contributed by atoms with Crippen LogP contribution in [0.3, 0.4) is 0 Å². The molecule has 0 fully saturated rings. The first-order chi connectivity index (χ1) is 15.3. The van der Waals surface area contributed by atoms with Gasteiger partial charge >= 0.3 is 0 Å². The van der Waals surface area contributed by atoms with E-state index in [1.807, 2.05) is 0 Å². The van der Waals surface area contributed by atoms with Crippen LogP contribution >= 0.6 is 0 Å². The van der Waals surface area contributed by atoms with Crippen molar-refractivity contribution in [3.8, 4) is 0 Å². The monoisotopic (exact) mass is 448 g/mol. The van der Waals surface area contributed by atoms with Gasteiger partial charge in [-0.25, -0.2) is 0 Å². The Morgan fingerprint density at radius 3 is 1.00 bits per heavy atom. The van der Waals surface area contributed by atoms with Gasteiger partial charge in [-0.05, 0) is 99.3 Å². The first-order valence-corrected chi connectivity index (χ1v) is 13.7. The number of hydrogen-bond acceptors (Lipinski definition) is 0. The van der Waals surface area contributed by atoms with E-state index in [0.717, 1.165) is 0 Å². The van der Waals surface area contributed by atoms with Crippen molar-refractivity contribution in [1.82, 2.24) is 0 Å². The third-order valence-corrected chi connectivity index (χ3v) is 7.26. The van der Waals surface area contributed by atoms with Crippen LogP contribution in [0.15, 0.2) is 24.3 Å². The summed E-state index contributed by atoms with van der Waals surface area (Å²) >= 11 is 0. The van der Waals surface area contributed by atoms with Crippen LogP contribution in [0, 0.1) is 0 Å². The van der Waals surface area contributed by atoms with Crippen LogP contribution in [0.4, 0.5) is 0 Å². The fraction of sp³-hybridized carbons (Fsp3) is 0.636. The van der Waals surface area contributed by atoms with Crippen molar-refractivity contribution in [3.63, 3.8) is 0 Å². The molecule has 2 rings (SSSR count). The maximum Gasteiger partial charge on any atom is -0.0213 e. The van der Waals surface area contributed by atoms with Crippen molar-refractivity contribution in [2.24, 2.45) is 0 Å². The predicted molar refractivity (Wildman–Crippen MR) is 149 cm³/mol. The topological polar surface area (TPSA) is 0 Å². The molecule has 2 aromatic carbocycles. The summed E-state index contributed by atoms with van der Waals surface area (Å²) in [4.78, 5) is 0. The van der Waals surface area contributed by atoms with Crippen LogP contribution in [0.25, 0.3) is 0 Å². The van der Waals surface area contributed by atoms with E-state index in [9.17, 15) is 0 Å². The van der Waals surface area contributed by atoms with E-state index in [2.05, 4.69) is 107 Å². The van der Waals surface area contributed by atoms with Crippen molar-refractivity contribution in [2.75, 3.05) is 0 Å². The van der Waals surface area contributed by atoms with Crippen molar-refractivity contribution < 1.29 is 0 Å². The highest BCUT2D eigenvalue weighted by Crippen LogP contribution is 2.36. The SMILES string of the molecule is CC(C)c1cc(CCCc2cc(C(C)C)cc(C(C)C)c2C(C)C)c(C(C)C)c(C(C)C)c1. The van der Waals surface area contributed by atoms with Crippen LogP contribution in [0.1, 0.15) is 170 Å². The van der Waals surface area contributed by atoms with E-state index >= 15 is 0 Å². The minimum Gasteiger partial charge on any atom is -0.0587 e. The molecule has 0 aromatic heterocycles. The molecular weight excluding hydrogens is 396 g/mol. The van der Waals surface area contributed by atoms with Gasteiger partial charge in [-0.3, -0.25) is 0 Å². The maximum atomic E-state index is 2.53. The molecule has 2 aromatic rings. The zero-order valence-electron chi connectivity index (χ0n) is 23.9. The van der Waals surface area contributed by atoms with Gasteiger partial charge in [0.05, 0.1) is 0 Å². The zero-order chi connectivity index (χ0) is 25.0. The second-order valence-corrected chi connectivity index (χ2v) is 12.1. The molecule has 0 amide bonds. The van der Waals surface area contributed by atoms with Gasteiger partial charge in [0, 0.05) is 0 Å². The molecule has 0 bridgehead atoms. The fourth-order valence-electron chi connectivity index (χ4n) is 5.44. The zero-order valence-corrected chi connectivity index (χ0v) is 23.9. The first kappa shape index (κ1) is 27.7. The molecule has 0 heteroatoms. The molecule has 0 nitrogen and oxygen atoms in total. The highest BCUT2D eigenvalue weighted by molar-refractivity contribution is 5.46. The molecule has 0 aliphatic rings. The van der Waals surface area contributed by atoms with Gasteiger partial charge in [0.25, 0.3) is 0 Å². The lowest BCUT2D eigenvalue weighted by molar-refractivity contribution is 0.723. The second-order valence-electron chi connectivity index (χ2n) is 12.1. The summed E-state index contributed by atoms with van der Waals surface area (Å²) in [6, 6.07) is 10.0. The Bertz CT molecular complexity index is 831. The largest absolute Gasteiger partial charge is 0.0587 e. The molecule has 0 unspecified atom stereocenters. The number of aryl methyl sites for hydroxylation is 2. The molecule has 0 spiro atoms. The van der Waals surface area contributed by atoms with Gasteiger partial charge in [0.2, 0.25) is 0 Å². The van der Waals surface area contributed by atoms with Crippen LogP contribution in [-0.2, 0) is 12.8 Å². The molecule has 0 atom stereocenters. The molecular formula is C33H52. The van der Waals surface area contributed by atoms with Gasteiger partial charge in [-0.2, -0.15) is 0 Å². The van der Waals surface area contributed by atoms with Gasteiger partial charge in [0.15, 0.2) is 0 Å². The molecule has 184 valence electrons. The van der Waals surface area contributed by atoms with E-state index in [-0.39, 0.29) is 0 Å². The first-order valence-electron chi connectivity index (χ1n) is 13.7. The molecule has 0 aliphatic heterocycles. The van der Waals surface area contributed by atoms with Crippen molar-refractivity contribution in [3.05, 3.63) is 68.8 Å². The van der Waals surface area contributed by atoms with E-state index in [1.165, 1.54) is 30.4 Å². The van der Waals surface area contributed by atoms with Gasteiger partial charge in [0.1, 0.15) is 0 Å². The van der Waals surface area contributed by atoms with Crippen LogP contribution in [0.5, 0.6) is 0 Å². The minimum atomic E-state index is 0.571. The third-order valence-electron chi connectivity index (χ3n) is 7.26. The lowest BCUT2D eigenvalue weighted by Crippen LogP contribution is -2.09. The summed E-state index contributed by atoms with van der Waals surface area (Å²) in [5, 5.41) is 0. The Balaban J connectivity index is 2.46. The van der Waals surface area contributed by atoms with Crippen molar-refractivity contribution >= 4 is 0 Å². The van der Waals surface area contributed by atoms with E-state index < -0.39 is 0 Å². The molecule has 0 saturated carbocycles. The lowest BCUT2D eigenvalue weighted by Gasteiger charge is -2.25. The van der Waals surface area contributed by atoms with Crippen molar-refractivity contribution in [1.29, 1.82) is 0 Å². The summed E-state index contributed by atoms with van der Waals surface area (Å²) in [5.41, 5.74) is 12.5. The van der Waals surface area contributed by atoms with E-state index in [4.69, 9.17) is 0 Å². The summed E-state index contributed by atoms with van der Waals surface area (Å²) in [5.74, 6) is 3.44. The number of hydrogen-bond donors (Lipinski definition) is 0. The third kappa shape index (κ3) is 6.74. The molecule has 0 saturated heterocycles. The normalized spacial score (nSPS) is 12.4. The molecule has 0 radical (unpaired) electrons. The smallest absolute Gasteiger partial charge is 0.0213 e. The van der Waals surface area contributed by atoms with Gasteiger partial charge < -0.3 is 0 Å². The summed E-state index contributed by atoms with van der Waals surface area (Å²) < 4.78 is 0. The Morgan fingerprint density at radius 2 is 0.758 bits per heavy atom. The highest BCUT2D eigenvalue weighted by Gasteiger charge is 2.19. The minimum absolute atomic E-state index is 0.571. The molecule has 0 aliphatic carbocycles. The Labute approximate surface area is 206 Å². The quantitative estimate of drug-likeness (QED) is 0.339. The van der Waals surface area contributed by atoms with E-state index in [1.54, 1.807) is 33.4 Å². The summed E-state index contributed by atoms with van der Waals surface area (Å²) in [7, 11) is 0. The van der Waals surface area contributed by atoms with Crippen LogP contribution in [-0.4, -0.2) is 0 Å². The van der Waals surface area contributed by atoms with Crippen molar-refractivity contribution in [2.45, 2.75) is 138 Å². The average molecular weight is 449 g/mol. The van der Waals surface area contributed by atoms with E-state index in [0.29, 0.717) is 35.5 Å². The van der Waals surface area contributed by atoms with Gasteiger partial charge in [-0.1, -0.05) is 107 Å². The fourth-order valence-corrected chi connectivity index (χ4v) is 5.44. The number of rotatable bonds is 10. The molecule has 0 N–H and O–H groups in total. The lowest BCUT2D eigenvalue weighted by atomic mass is 9.80. The van der Waals surface area contributed by atoms with Gasteiger partial charge in [-0.15, -0.1) is 0 Å². The van der Waals surface area contributed by atoms with Crippen LogP contribution in [0.2, 0.25) is 0 Å². The molecule has 0 heterocycles. The number of benzene rings is 2. The Morgan fingerprint density at radius 1 is 0.424 bits per heavy atom. The second kappa shape index (κ2) is 11.7. The highest BCUT2D eigenvalue weighted by atomic mass is 14.2. The average Bonchev–Trinajstić information content (AvgIpc) is 2.71. The maximum absolute atomic E-state index is 2.53. The Kier molecular flexibility index (Phi) is 9.83. The summed E-state index contributed by atoms with van der Waals surface area (Å²) in [6.07, 6.45) is 3.57. The molecule has 33 heavy (non-hydrogen) atoms. The standard InChI is InChI=1S/C33H52/c1-20(2)28-16-26(32(24(9)10)30(18-28)22(5)6)14-13-15-27-17-29(21(3)4)19-31(23(7)8)33(27)25(11)12/h16-25H,13-15H2,1-12H3.